The lowest BCUT2D eigenvalue weighted by molar-refractivity contribution is -0.144. The highest BCUT2D eigenvalue weighted by Crippen LogP contribution is 2.31. The van der Waals surface area contributed by atoms with Gasteiger partial charge in [0.2, 0.25) is 5.91 Å². The summed E-state index contributed by atoms with van der Waals surface area (Å²) >= 11 is 2.45. The molecule has 1 amide bonds. The summed E-state index contributed by atoms with van der Waals surface area (Å²) in [6, 6.07) is 4.41. The zero-order valence-corrected chi connectivity index (χ0v) is 18.4. The van der Waals surface area contributed by atoms with Crippen LogP contribution in [0.1, 0.15) is 43.7 Å². The molecule has 0 bridgehead atoms. The van der Waals surface area contributed by atoms with Crippen LogP contribution in [0, 0.1) is 11.6 Å². The lowest BCUT2D eigenvalue weighted by Gasteiger charge is -2.19. The van der Waals surface area contributed by atoms with Gasteiger partial charge in [-0.25, -0.2) is 13.8 Å². The Bertz CT molecular complexity index is 1050. The Morgan fingerprint density at radius 2 is 2.00 bits per heavy atom. The number of fused-ring (bicyclic) bond motifs is 1. The van der Waals surface area contributed by atoms with Crippen LogP contribution < -0.4 is 4.90 Å². The van der Waals surface area contributed by atoms with E-state index in [2.05, 4.69) is 11.9 Å². The Morgan fingerprint density at radius 3 is 2.73 bits per heavy atom. The minimum absolute atomic E-state index is 0.00622. The van der Waals surface area contributed by atoms with Crippen molar-refractivity contribution in [2.45, 2.75) is 46.1 Å². The first-order valence-electron chi connectivity index (χ1n) is 9.69. The molecule has 3 rings (SSSR count). The van der Waals surface area contributed by atoms with E-state index < -0.39 is 17.6 Å². The van der Waals surface area contributed by atoms with Crippen molar-refractivity contribution < 1.29 is 23.1 Å². The third kappa shape index (κ3) is 5.20. The minimum Gasteiger partial charge on any atom is -0.466 e. The van der Waals surface area contributed by atoms with Crippen molar-refractivity contribution >= 4 is 49.8 Å². The lowest BCUT2D eigenvalue weighted by Crippen LogP contribution is -2.30. The highest BCUT2D eigenvalue weighted by molar-refractivity contribution is 7.18. The molecule has 5 nitrogen and oxygen atoms in total. The van der Waals surface area contributed by atoms with Crippen molar-refractivity contribution in [2.75, 3.05) is 11.5 Å². The predicted octanol–water partition coefficient (Wildman–Crippen LogP) is 5.47. The van der Waals surface area contributed by atoms with Crippen LogP contribution in [0.4, 0.5) is 13.8 Å². The van der Waals surface area contributed by atoms with Gasteiger partial charge in [-0.3, -0.25) is 14.5 Å². The molecule has 0 aliphatic rings. The molecule has 0 aliphatic carbocycles. The first-order chi connectivity index (χ1) is 14.4. The molecule has 30 heavy (non-hydrogen) atoms. The summed E-state index contributed by atoms with van der Waals surface area (Å²) in [6.45, 7) is 4.17. The number of carbonyl (C=O) groups excluding carboxylic acids is 2. The Kier molecular flexibility index (Phi) is 7.49. The predicted molar refractivity (Wildman–Crippen MR) is 115 cm³/mol. The van der Waals surface area contributed by atoms with E-state index in [0.717, 1.165) is 40.8 Å². The molecule has 0 spiro atoms. The number of thiazole rings is 1. The molecular weight excluding hydrogens is 430 g/mol. The zero-order valence-electron chi connectivity index (χ0n) is 16.7. The van der Waals surface area contributed by atoms with Crippen LogP contribution in [0.25, 0.3) is 10.2 Å². The Morgan fingerprint density at radius 1 is 1.20 bits per heavy atom. The summed E-state index contributed by atoms with van der Waals surface area (Å²) in [7, 11) is 0. The fourth-order valence-corrected chi connectivity index (χ4v) is 4.92. The van der Waals surface area contributed by atoms with Gasteiger partial charge in [0.05, 0.1) is 34.8 Å². The number of nitrogens with zero attached hydrogens (tertiary/aromatic N) is 2. The standard InChI is InChI=1S/C21H22F2N2O3S2/c1-3-5-13-10-18(29-12-13)25(17(26)8-9-19(27)28-4-2)11-16-24-15-7-6-14(22)20(23)21(15)30-16/h6-7,10,12H,3-5,8-9,11H2,1-2H3. The molecule has 0 aliphatic heterocycles. The van der Waals surface area contributed by atoms with Gasteiger partial charge in [-0.05, 0) is 42.5 Å². The number of aryl methyl sites for hydroxylation is 1. The quantitative estimate of drug-likeness (QED) is 0.404. The summed E-state index contributed by atoms with van der Waals surface area (Å²) in [6.07, 6.45) is 1.85. The van der Waals surface area contributed by atoms with Crippen molar-refractivity contribution in [1.82, 2.24) is 4.98 Å². The smallest absolute Gasteiger partial charge is 0.306 e. The fourth-order valence-electron chi connectivity index (χ4n) is 2.97. The van der Waals surface area contributed by atoms with Gasteiger partial charge >= 0.3 is 5.97 Å². The number of amides is 1. The number of anilines is 1. The second-order valence-electron chi connectivity index (χ2n) is 6.65. The molecule has 1 aromatic carbocycles. The van der Waals surface area contributed by atoms with Crippen LogP contribution in [0.5, 0.6) is 0 Å². The topological polar surface area (TPSA) is 59.5 Å². The largest absolute Gasteiger partial charge is 0.466 e. The molecular formula is C21H22F2N2O3S2. The van der Waals surface area contributed by atoms with Gasteiger partial charge in [-0.2, -0.15) is 0 Å². The van der Waals surface area contributed by atoms with Crippen LogP contribution in [0.15, 0.2) is 23.6 Å². The van der Waals surface area contributed by atoms with Crippen LogP contribution >= 0.6 is 22.7 Å². The Balaban J connectivity index is 1.85. The van der Waals surface area contributed by atoms with Crippen LogP contribution in [0.3, 0.4) is 0 Å². The Labute approximate surface area is 181 Å². The van der Waals surface area contributed by atoms with Gasteiger partial charge in [0.15, 0.2) is 11.6 Å². The number of halogens is 2. The average molecular weight is 453 g/mol. The van der Waals surface area contributed by atoms with Gasteiger partial charge in [0, 0.05) is 6.42 Å². The number of carbonyl (C=O) groups is 2. The highest BCUT2D eigenvalue weighted by atomic mass is 32.1. The molecule has 2 heterocycles. The average Bonchev–Trinajstić information content (AvgIpc) is 3.35. The summed E-state index contributed by atoms with van der Waals surface area (Å²) in [5, 5.41) is 3.22. The highest BCUT2D eigenvalue weighted by Gasteiger charge is 2.22. The first-order valence-corrected chi connectivity index (χ1v) is 11.4. The monoisotopic (exact) mass is 452 g/mol. The van der Waals surface area contributed by atoms with Gasteiger partial charge in [0.25, 0.3) is 0 Å². The van der Waals surface area contributed by atoms with Crippen molar-refractivity contribution in [2.24, 2.45) is 0 Å². The van der Waals surface area contributed by atoms with E-state index in [1.54, 1.807) is 11.8 Å². The van der Waals surface area contributed by atoms with Gasteiger partial charge in [-0.1, -0.05) is 13.3 Å². The third-order valence-corrected chi connectivity index (χ3v) is 6.43. The van der Waals surface area contributed by atoms with E-state index in [4.69, 9.17) is 4.74 Å². The zero-order chi connectivity index (χ0) is 21.7. The molecule has 0 N–H and O–H groups in total. The second kappa shape index (κ2) is 10.1. The van der Waals surface area contributed by atoms with Crippen molar-refractivity contribution in [3.8, 4) is 0 Å². The van der Waals surface area contributed by atoms with E-state index >= 15 is 0 Å². The lowest BCUT2D eigenvalue weighted by atomic mass is 10.2. The number of aromatic nitrogens is 1. The molecule has 0 radical (unpaired) electrons. The fraction of sp³-hybridized carbons (Fsp3) is 0.381. The van der Waals surface area contributed by atoms with Gasteiger partial charge < -0.3 is 4.74 Å². The molecule has 0 fully saturated rings. The number of hydrogen-bond donors (Lipinski definition) is 0. The molecule has 0 saturated carbocycles. The number of benzene rings is 1. The molecule has 3 aromatic rings. The molecule has 0 atom stereocenters. The van der Waals surface area contributed by atoms with E-state index in [0.29, 0.717) is 10.5 Å². The SMILES string of the molecule is CCCc1csc(N(Cc2nc3ccc(F)c(F)c3s2)C(=O)CCC(=O)OCC)c1. The number of hydrogen-bond acceptors (Lipinski definition) is 6. The van der Waals surface area contributed by atoms with E-state index in [9.17, 15) is 18.4 Å². The van der Waals surface area contributed by atoms with Crippen molar-refractivity contribution in [1.29, 1.82) is 0 Å². The molecule has 0 unspecified atom stereocenters. The van der Waals surface area contributed by atoms with Gasteiger partial charge in [-0.15, -0.1) is 22.7 Å². The van der Waals surface area contributed by atoms with E-state index in [1.165, 1.54) is 17.4 Å². The van der Waals surface area contributed by atoms with Crippen LogP contribution in [0.2, 0.25) is 0 Å². The number of ether oxygens (including phenoxy) is 1. The summed E-state index contributed by atoms with van der Waals surface area (Å²) in [4.78, 5) is 30.5. The second-order valence-corrected chi connectivity index (χ2v) is 8.62. The third-order valence-electron chi connectivity index (χ3n) is 4.38. The summed E-state index contributed by atoms with van der Waals surface area (Å²) in [5.74, 6) is -2.54. The number of thiophene rings is 1. The van der Waals surface area contributed by atoms with Crippen molar-refractivity contribution in [3.05, 3.63) is 45.8 Å². The maximum atomic E-state index is 14.1. The minimum atomic E-state index is -0.933. The van der Waals surface area contributed by atoms with Crippen LogP contribution in [-0.2, 0) is 27.3 Å². The number of esters is 1. The summed E-state index contributed by atoms with van der Waals surface area (Å²) in [5.41, 5.74) is 1.48. The first kappa shape index (κ1) is 22.3. The Hall–Kier alpha value is -2.39. The van der Waals surface area contributed by atoms with E-state index in [1.807, 2.05) is 11.4 Å². The maximum Gasteiger partial charge on any atom is 0.306 e. The molecule has 0 saturated heterocycles. The van der Waals surface area contributed by atoms with Crippen LogP contribution in [-0.4, -0.2) is 23.5 Å². The number of rotatable bonds is 9. The molecule has 9 heteroatoms. The molecule has 160 valence electrons. The van der Waals surface area contributed by atoms with Crippen molar-refractivity contribution in [3.63, 3.8) is 0 Å². The van der Waals surface area contributed by atoms with E-state index in [-0.39, 0.29) is 36.6 Å². The van der Waals surface area contributed by atoms with Gasteiger partial charge in [0.1, 0.15) is 5.01 Å². The summed E-state index contributed by atoms with van der Waals surface area (Å²) < 4.78 is 32.6. The molecule has 2 aromatic heterocycles. The maximum absolute atomic E-state index is 14.1. The normalized spacial score (nSPS) is 11.1.